The van der Waals surface area contributed by atoms with E-state index in [4.69, 9.17) is 17.3 Å². The number of hydrogen-bond donors (Lipinski definition) is 1. The molecular weight excluding hydrogens is 253 g/mol. The molecular formula is C13H15ClFN3. The van der Waals surface area contributed by atoms with Crippen LogP contribution >= 0.6 is 11.6 Å². The molecule has 5 heteroatoms. The van der Waals surface area contributed by atoms with Gasteiger partial charge >= 0.3 is 0 Å². The first kappa shape index (κ1) is 12.9. The van der Waals surface area contributed by atoms with Gasteiger partial charge in [-0.15, -0.1) is 0 Å². The Hall–Kier alpha value is -1.55. The first-order valence-corrected chi connectivity index (χ1v) is 6.07. The number of nitrogen functional groups attached to an aromatic ring is 1. The van der Waals surface area contributed by atoms with E-state index >= 15 is 0 Å². The fraction of sp³-hybridized carbons (Fsp3) is 0.308. The molecule has 0 spiro atoms. The summed E-state index contributed by atoms with van der Waals surface area (Å²) in [5.41, 5.74) is 6.66. The summed E-state index contributed by atoms with van der Waals surface area (Å²) in [4.78, 5) is 4.41. The number of benzene rings is 1. The predicted molar refractivity (Wildman–Crippen MR) is 72.1 cm³/mol. The van der Waals surface area contributed by atoms with Crippen LogP contribution in [0.5, 0.6) is 0 Å². The van der Waals surface area contributed by atoms with E-state index in [2.05, 4.69) is 4.98 Å². The summed E-state index contributed by atoms with van der Waals surface area (Å²) in [7, 11) is 1.82. The quantitative estimate of drug-likeness (QED) is 0.904. The smallest absolute Gasteiger partial charge is 0.134 e. The summed E-state index contributed by atoms with van der Waals surface area (Å²) in [6, 6.07) is 4.54. The van der Waals surface area contributed by atoms with Crippen molar-refractivity contribution in [2.75, 3.05) is 5.73 Å². The molecule has 1 heterocycles. The number of nitrogens with zero attached hydrogens (tertiary/aromatic N) is 2. The minimum absolute atomic E-state index is 0.205. The average molecular weight is 268 g/mol. The number of aromatic nitrogens is 2. The standard InChI is InChI=1S/C13H15ClFN3/c1-7(2)13-17-11(12(16)18(13)3)10-8(14)5-4-6-9(10)15/h4-7H,16H2,1-3H3. The Kier molecular flexibility index (Phi) is 3.30. The largest absolute Gasteiger partial charge is 0.383 e. The van der Waals surface area contributed by atoms with Crippen molar-refractivity contribution in [1.29, 1.82) is 0 Å². The molecule has 18 heavy (non-hydrogen) atoms. The van der Waals surface area contributed by atoms with Crippen LogP contribution in [0.25, 0.3) is 11.3 Å². The highest BCUT2D eigenvalue weighted by molar-refractivity contribution is 6.33. The van der Waals surface area contributed by atoms with Crippen LogP contribution in [0.1, 0.15) is 25.6 Å². The zero-order valence-corrected chi connectivity index (χ0v) is 11.3. The van der Waals surface area contributed by atoms with E-state index in [1.54, 1.807) is 16.7 Å². The minimum atomic E-state index is -0.414. The minimum Gasteiger partial charge on any atom is -0.383 e. The lowest BCUT2D eigenvalue weighted by atomic mass is 10.1. The highest BCUT2D eigenvalue weighted by Crippen LogP contribution is 2.34. The summed E-state index contributed by atoms with van der Waals surface area (Å²) in [5.74, 6) is 1.02. The molecule has 1 aromatic heterocycles. The van der Waals surface area contributed by atoms with Gasteiger partial charge in [-0.25, -0.2) is 9.37 Å². The number of anilines is 1. The zero-order valence-electron chi connectivity index (χ0n) is 10.5. The van der Waals surface area contributed by atoms with Gasteiger partial charge < -0.3 is 10.3 Å². The Morgan fingerprint density at radius 1 is 1.39 bits per heavy atom. The van der Waals surface area contributed by atoms with Crippen LogP contribution in [0.3, 0.4) is 0 Å². The maximum absolute atomic E-state index is 13.9. The van der Waals surface area contributed by atoms with Crippen molar-refractivity contribution in [2.24, 2.45) is 7.05 Å². The summed E-state index contributed by atoms with van der Waals surface area (Å²) >= 11 is 6.03. The third-order valence-corrected chi connectivity index (χ3v) is 3.20. The number of halogens is 2. The van der Waals surface area contributed by atoms with Crippen LogP contribution in [0.2, 0.25) is 5.02 Å². The lowest BCUT2D eigenvalue weighted by Gasteiger charge is -2.05. The first-order valence-electron chi connectivity index (χ1n) is 5.70. The van der Waals surface area contributed by atoms with E-state index in [-0.39, 0.29) is 11.5 Å². The van der Waals surface area contributed by atoms with E-state index in [1.807, 2.05) is 20.9 Å². The van der Waals surface area contributed by atoms with Crippen molar-refractivity contribution in [3.63, 3.8) is 0 Å². The molecule has 0 unspecified atom stereocenters. The van der Waals surface area contributed by atoms with Crippen molar-refractivity contribution in [3.8, 4) is 11.3 Å². The van der Waals surface area contributed by atoms with Crippen molar-refractivity contribution >= 4 is 17.4 Å². The first-order chi connectivity index (χ1) is 8.43. The maximum Gasteiger partial charge on any atom is 0.134 e. The van der Waals surface area contributed by atoms with Crippen LogP contribution < -0.4 is 5.73 Å². The Labute approximate surface area is 110 Å². The van der Waals surface area contributed by atoms with Gasteiger partial charge in [0.15, 0.2) is 0 Å². The van der Waals surface area contributed by atoms with E-state index in [0.717, 1.165) is 5.82 Å². The van der Waals surface area contributed by atoms with Crippen molar-refractivity contribution in [2.45, 2.75) is 19.8 Å². The van der Waals surface area contributed by atoms with Crippen molar-refractivity contribution in [3.05, 3.63) is 34.9 Å². The fourth-order valence-corrected chi connectivity index (χ4v) is 2.21. The molecule has 0 fully saturated rings. The molecule has 1 aromatic carbocycles. The predicted octanol–water partition coefficient (Wildman–Crippen LogP) is 3.59. The van der Waals surface area contributed by atoms with Gasteiger partial charge in [-0.05, 0) is 12.1 Å². The lowest BCUT2D eigenvalue weighted by Crippen LogP contribution is -2.03. The van der Waals surface area contributed by atoms with E-state index < -0.39 is 5.82 Å². The van der Waals surface area contributed by atoms with Crippen molar-refractivity contribution < 1.29 is 4.39 Å². The van der Waals surface area contributed by atoms with E-state index in [0.29, 0.717) is 16.5 Å². The molecule has 0 aliphatic rings. The average Bonchev–Trinajstić information content (AvgIpc) is 2.57. The lowest BCUT2D eigenvalue weighted by molar-refractivity contribution is 0.631. The summed E-state index contributed by atoms with van der Waals surface area (Å²) in [5, 5.41) is 0.315. The van der Waals surface area contributed by atoms with Gasteiger partial charge in [0.2, 0.25) is 0 Å². The molecule has 2 N–H and O–H groups in total. The van der Waals surface area contributed by atoms with Crippen LogP contribution in [0.15, 0.2) is 18.2 Å². The van der Waals surface area contributed by atoms with Crippen LogP contribution in [-0.2, 0) is 7.05 Å². The monoisotopic (exact) mass is 267 g/mol. The molecule has 2 rings (SSSR count). The van der Waals surface area contributed by atoms with Gasteiger partial charge in [0.1, 0.15) is 23.2 Å². The molecule has 2 aromatic rings. The molecule has 0 atom stereocenters. The molecule has 96 valence electrons. The zero-order chi connectivity index (χ0) is 13.4. The van der Waals surface area contributed by atoms with Gasteiger partial charge in [0, 0.05) is 13.0 Å². The topological polar surface area (TPSA) is 43.8 Å². The normalized spacial score (nSPS) is 11.2. The highest BCUT2D eigenvalue weighted by Gasteiger charge is 2.20. The van der Waals surface area contributed by atoms with Crippen molar-refractivity contribution in [1.82, 2.24) is 9.55 Å². The van der Waals surface area contributed by atoms with Gasteiger partial charge in [0.25, 0.3) is 0 Å². The van der Waals surface area contributed by atoms with Crippen LogP contribution in [0.4, 0.5) is 10.2 Å². The second-order valence-electron chi connectivity index (χ2n) is 4.51. The molecule has 0 saturated heterocycles. The Bertz CT molecular complexity index is 570. The molecule has 0 amide bonds. The number of nitrogens with two attached hydrogens (primary N) is 1. The van der Waals surface area contributed by atoms with Gasteiger partial charge in [0.05, 0.1) is 10.6 Å². The number of hydrogen-bond acceptors (Lipinski definition) is 2. The summed E-state index contributed by atoms with van der Waals surface area (Å²) < 4.78 is 15.6. The SMILES string of the molecule is CC(C)c1nc(-c2c(F)cccc2Cl)c(N)n1C. The molecule has 0 radical (unpaired) electrons. The third-order valence-electron chi connectivity index (χ3n) is 2.89. The van der Waals surface area contributed by atoms with Gasteiger partial charge in [-0.3, -0.25) is 0 Å². The Morgan fingerprint density at radius 2 is 2.06 bits per heavy atom. The summed E-state index contributed by atoms with van der Waals surface area (Å²) in [6.07, 6.45) is 0. The van der Waals surface area contributed by atoms with Gasteiger partial charge in [-0.1, -0.05) is 31.5 Å². The Morgan fingerprint density at radius 3 is 2.56 bits per heavy atom. The van der Waals surface area contributed by atoms with E-state index in [9.17, 15) is 4.39 Å². The third kappa shape index (κ3) is 1.97. The molecule has 0 saturated carbocycles. The number of imidazole rings is 1. The van der Waals surface area contributed by atoms with Crippen LogP contribution in [-0.4, -0.2) is 9.55 Å². The van der Waals surface area contributed by atoms with E-state index in [1.165, 1.54) is 6.07 Å². The molecule has 0 aliphatic carbocycles. The maximum atomic E-state index is 13.9. The summed E-state index contributed by atoms with van der Waals surface area (Å²) in [6.45, 7) is 4.02. The second kappa shape index (κ2) is 4.61. The number of rotatable bonds is 2. The highest BCUT2D eigenvalue weighted by atomic mass is 35.5. The fourth-order valence-electron chi connectivity index (χ4n) is 1.95. The Balaban J connectivity index is 2.69. The molecule has 0 bridgehead atoms. The second-order valence-corrected chi connectivity index (χ2v) is 4.92. The van der Waals surface area contributed by atoms with Crippen LogP contribution in [0, 0.1) is 5.82 Å². The molecule has 0 aliphatic heterocycles. The molecule has 3 nitrogen and oxygen atoms in total. The van der Waals surface area contributed by atoms with Gasteiger partial charge in [-0.2, -0.15) is 0 Å².